The van der Waals surface area contributed by atoms with Crippen LogP contribution in [0.15, 0.2) is 23.1 Å². The van der Waals surface area contributed by atoms with Gasteiger partial charge < -0.3 is 19.3 Å². The van der Waals surface area contributed by atoms with Gasteiger partial charge in [-0.3, -0.25) is 4.79 Å². The van der Waals surface area contributed by atoms with Gasteiger partial charge in [0, 0.05) is 31.6 Å². The second-order valence-electron chi connectivity index (χ2n) is 8.55. The summed E-state index contributed by atoms with van der Waals surface area (Å²) in [4.78, 5) is 17.2. The summed E-state index contributed by atoms with van der Waals surface area (Å²) in [7, 11) is 0.104. The fourth-order valence-electron chi connectivity index (χ4n) is 3.79. The first kappa shape index (κ1) is 22.8. The molecule has 1 aromatic rings. The Morgan fingerprint density at radius 2 is 1.87 bits per heavy atom. The summed E-state index contributed by atoms with van der Waals surface area (Å²) in [5.41, 5.74) is 0. The van der Waals surface area contributed by atoms with Crippen LogP contribution in [0.3, 0.4) is 0 Å². The maximum atomic E-state index is 13.2. The van der Waals surface area contributed by atoms with Crippen LogP contribution >= 0.6 is 0 Å². The normalized spacial score (nSPS) is 20.9. The van der Waals surface area contributed by atoms with Crippen molar-refractivity contribution in [3.05, 3.63) is 18.2 Å². The lowest BCUT2D eigenvalue weighted by atomic mass is 10.00. The zero-order valence-electron chi connectivity index (χ0n) is 18.3. The average molecular weight is 440 g/mol. The molecular weight excluding hydrogens is 406 g/mol. The van der Waals surface area contributed by atoms with E-state index in [-0.39, 0.29) is 22.8 Å². The highest BCUT2D eigenvalue weighted by atomic mass is 32.2. The second-order valence-corrected chi connectivity index (χ2v) is 10.3. The maximum Gasteiger partial charge on any atom is 0.241 e. The van der Waals surface area contributed by atoms with E-state index in [0.29, 0.717) is 37.8 Å². The van der Waals surface area contributed by atoms with Gasteiger partial charge in [-0.05, 0) is 45.0 Å². The second kappa shape index (κ2) is 9.53. The molecule has 2 heterocycles. The van der Waals surface area contributed by atoms with Gasteiger partial charge in [0.2, 0.25) is 15.9 Å². The van der Waals surface area contributed by atoms with E-state index in [9.17, 15) is 13.2 Å². The third-order valence-corrected chi connectivity index (χ3v) is 7.12. The van der Waals surface area contributed by atoms with Gasteiger partial charge in [0.1, 0.15) is 6.04 Å². The number of nitrogens with one attached hydrogen (secondary N) is 1. The third-order valence-electron chi connectivity index (χ3n) is 5.68. The van der Waals surface area contributed by atoms with Crippen molar-refractivity contribution in [1.82, 2.24) is 14.5 Å². The Bertz CT molecular complexity index is 856. The highest BCUT2D eigenvalue weighted by Gasteiger charge is 2.34. The number of hydrogen-bond donors (Lipinski definition) is 1. The van der Waals surface area contributed by atoms with E-state index < -0.39 is 16.1 Å². The molecule has 1 N–H and O–H groups in total. The number of nitrogens with zero attached hydrogens (tertiary/aromatic N) is 2. The van der Waals surface area contributed by atoms with E-state index in [1.807, 2.05) is 27.9 Å². The molecule has 1 fully saturated rings. The molecule has 1 aromatic carbocycles. The standard InChI is InChI=1S/C21H33N3O5S/c1-15(2)20(21(25)24-10-5-7-16(14-24)23(3)4)22-30(26,27)17-8-9-18-19(13-17)29-12-6-11-28-18/h8-9,13,15-16,20,22H,5-7,10-12,14H2,1-4H3. The Morgan fingerprint density at radius 3 is 2.53 bits per heavy atom. The number of benzene rings is 1. The van der Waals surface area contributed by atoms with E-state index in [2.05, 4.69) is 9.62 Å². The molecule has 3 rings (SSSR count). The summed E-state index contributed by atoms with van der Waals surface area (Å²) in [6.45, 7) is 5.97. The molecule has 2 aliphatic rings. The van der Waals surface area contributed by atoms with Crippen LogP contribution in [0.4, 0.5) is 0 Å². The first-order valence-electron chi connectivity index (χ1n) is 10.6. The Kier molecular flexibility index (Phi) is 7.26. The molecule has 1 saturated heterocycles. The number of likely N-dealkylation sites (tertiary alicyclic amines) is 1. The monoisotopic (exact) mass is 439 g/mol. The quantitative estimate of drug-likeness (QED) is 0.726. The van der Waals surface area contributed by atoms with Crippen LogP contribution in [-0.4, -0.2) is 76.6 Å². The molecule has 2 unspecified atom stereocenters. The Labute approximate surface area is 179 Å². The lowest BCUT2D eigenvalue weighted by Gasteiger charge is -2.38. The average Bonchev–Trinajstić information content (AvgIpc) is 2.96. The Morgan fingerprint density at radius 1 is 1.17 bits per heavy atom. The zero-order chi connectivity index (χ0) is 21.9. The summed E-state index contributed by atoms with van der Waals surface area (Å²) in [5.74, 6) is 0.584. The number of hydrogen-bond acceptors (Lipinski definition) is 6. The molecule has 0 aliphatic carbocycles. The zero-order valence-corrected chi connectivity index (χ0v) is 19.1. The topological polar surface area (TPSA) is 88.2 Å². The van der Waals surface area contributed by atoms with Crippen molar-refractivity contribution >= 4 is 15.9 Å². The molecular formula is C21H33N3O5S. The van der Waals surface area contributed by atoms with Crippen molar-refractivity contribution < 1.29 is 22.7 Å². The van der Waals surface area contributed by atoms with Crippen LogP contribution in [0.1, 0.15) is 33.1 Å². The molecule has 2 aliphatic heterocycles. The van der Waals surface area contributed by atoms with Gasteiger partial charge in [0.05, 0.1) is 18.1 Å². The number of fused-ring (bicyclic) bond motifs is 1. The lowest BCUT2D eigenvalue weighted by Crippen LogP contribution is -2.55. The van der Waals surface area contributed by atoms with Crippen molar-refractivity contribution in [2.24, 2.45) is 5.92 Å². The Balaban J connectivity index is 1.78. The molecule has 2 atom stereocenters. The molecule has 0 bridgehead atoms. The van der Waals surface area contributed by atoms with Crippen molar-refractivity contribution in [1.29, 1.82) is 0 Å². The molecule has 30 heavy (non-hydrogen) atoms. The number of carbonyl (C=O) groups is 1. The smallest absolute Gasteiger partial charge is 0.241 e. The van der Waals surface area contributed by atoms with E-state index in [4.69, 9.17) is 9.47 Å². The minimum Gasteiger partial charge on any atom is -0.490 e. The molecule has 0 aromatic heterocycles. The molecule has 168 valence electrons. The van der Waals surface area contributed by atoms with Crippen LogP contribution < -0.4 is 14.2 Å². The highest BCUT2D eigenvalue weighted by Crippen LogP contribution is 2.32. The maximum absolute atomic E-state index is 13.2. The molecule has 9 heteroatoms. The summed E-state index contributed by atoms with van der Waals surface area (Å²) >= 11 is 0. The van der Waals surface area contributed by atoms with Crippen LogP contribution in [0.2, 0.25) is 0 Å². The summed E-state index contributed by atoms with van der Waals surface area (Å²) in [6, 6.07) is 4.02. The van der Waals surface area contributed by atoms with E-state index in [0.717, 1.165) is 19.3 Å². The first-order chi connectivity index (χ1) is 14.2. The van der Waals surface area contributed by atoms with E-state index >= 15 is 0 Å². The van der Waals surface area contributed by atoms with Crippen molar-refractivity contribution in [2.45, 2.75) is 50.1 Å². The number of ether oxygens (including phenoxy) is 2. The fraction of sp³-hybridized carbons (Fsp3) is 0.667. The fourth-order valence-corrected chi connectivity index (χ4v) is 5.14. The van der Waals surface area contributed by atoms with Crippen molar-refractivity contribution in [2.75, 3.05) is 40.4 Å². The summed E-state index contributed by atoms with van der Waals surface area (Å²) in [6.07, 6.45) is 2.68. The van der Waals surface area contributed by atoms with Gasteiger partial charge in [-0.1, -0.05) is 13.8 Å². The summed E-state index contributed by atoms with van der Waals surface area (Å²) in [5, 5.41) is 0. The first-order valence-corrected chi connectivity index (χ1v) is 12.0. The predicted molar refractivity (Wildman–Crippen MR) is 114 cm³/mol. The van der Waals surface area contributed by atoms with Crippen molar-refractivity contribution in [3.8, 4) is 11.5 Å². The number of carbonyl (C=O) groups excluding carboxylic acids is 1. The molecule has 0 saturated carbocycles. The van der Waals surface area contributed by atoms with Crippen LogP contribution in [-0.2, 0) is 14.8 Å². The van der Waals surface area contributed by atoms with Crippen LogP contribution in [0.5, 0.6) is 11.5 Å². The summed E-state index contributed by atoms with van der Waals surface area (Å²) < 4.78 is 40.0. The third kappa shape index (κ3) is 5.25. The highest BCUT2D eigenvalue weighted by molar-refractivity contribution is 7.89. The van der Waals surface area contributed by atoms with Crippen molar-refractivity contribution in [3.63, 3.8) is 0 Å². The predicted octanol–water partition coefficient (Wildman–Crippen LogP) is 1.70. The molecule has 0 radical (unpaired) electrons. The largest absolute Gasteiger partial charge is 0.490 e. The van der Waals surface area contributed by atoms with Gasteiger partial charge in [0.25, 0.3) is 0 Å². The molecule has 1 amide bonds. The van der Waals surface area contributed by atoms with E-state index in [1.165, 1.54) is 12.1 Å². The number of rotatable bonds is 6. The number of likely N-dealkylation sites (N-methyl/N-ethyl adjacent to an activating group) is 1. The number of amides is 1. The number of piperidine rings is 1. The van der Waals surface area contributed by atoms with Gasteiger partial charge in [0.15, 0.2) is 11.5 Å². The minimum absolute atomic E-state index is 0.0648. The van der Waals surface area contributed by atoms with Crippen LogP contribution in [0.25, 0.3) is 0 Å². The molecule has 8 nitrogen and oxygen atoms in total. The van der Waals surface area contributed by atoms with Crippen LogP contribution in [0, 0.1) is 5.92 Å². The SMILES string of the molecule is CC(C)C(NS(=O)(=O)c1ccc2c(c1)OCCCO2)C(=O)N1CCCC(N(C)C)C1. The van der Waals surface area contributed by atoms with Gasteiger partial charge in [-0.2, -0.15) is 4.72 Å². The Hall–Kier alpha value is -1.84. The van der Waals surface area contributed by atoms with Gasteiger partial charge >= 0.3 is 0 Å². The minimum atomic E-state index is -3.91. The number of sulfonamides is 1. The lowest BCUT2D eigenvalue weighted by molar-refractivity contribution is -0.136. The van der Waals surface area contributed by atoms with Gasteiger partial charge in [-0.25, -0.2) is 8.42 Å². The molecule has 0 spiro atoms. The van der Waals surface area contributed by atoms with Gasteiger partial charge in [-0.15, -0.1) is 0 Å². The van der Waals surface area contributed by atoms with E-state index in [1.54, 1.807) is 11.0 Å².